The molecule has 0 amide bonds. The molecule has 0 aromatic carbocycles. The molecule has 2 N–H and O–H groups in total. The number of rotatable bonds is 9. The Bertz CT molecular complexity index is 493. The molecule has 0 bridgehead atoms. The molecule has 0 unspecified atom stereocenters. The Morgan fingerprint density at radius 3 is 2.14 bits per heavy atom. The lowest BCUT2D eigenvalue weighted by Gasteiger charge is -2.42. The molecule has 168 valence electrons. The zero-order valence-electron chi connectivity index (χ0n) is 18.9. The van der Waals surface area contributed by atoms with Gasteiger partial charge in [0.25, 0.3) is 0 Å². The smallest absolute Gasteiger partial charge is 0.191 e. The van der Waals surface area contributed by atoms with Crippen LogP contribution in [0.2, 0.25) is 0 Å². The fraction of sp³-hybridized carbons (Fsp3) is 0.957. The largest absolute Gasteiger partial charge is 0.385 e. The summed E-state index contributed by atoms with van der Waals surface area (Å²) >= 11 is 0. The maximum atomic E-state index is 5.56. The van der Waals surface area contributed by atoms with E-state index in [2.05, 4.69) is 20.5 Å². The van der Waals surface area contributed by atoms with Crippen molar-refractivity contribution in [2.75, 3.05) is 66.7 Å². The standard InChI is InChI=1S/C23H44N4O2/c1-24-21(25-18-22(12-15-28-2)8-6-7-9-22)26-19-23(10-4-3-5-11-23)20-27-13-16-29-17-14-27/h3-20H2,1-2H3,(H2,24,25,26). The molecular weight excluding hydrogens is 364 g/mol. The molecule has 0 radical (unpaired) electrons. The fourth-order valence-corrected chi connectivity index (χ4v) is 5.65. The van der Waals surface area contributed by atoms with Crippen molar-refractivity contribution in [3.8, 4) is 0 Å². The summed E-state index contributed by atoms with van der Waals surface area (Å²) in [6.45, 7) is 8.01. The number of hydrogen-bond acceptors (Lipinski definition) is 4. The van der Waals surface area contributed by atoms with Gasteiger partial charge in [0.2, 0.25) is 0 Å². The molecule has 3 fully saturated rings. The molecule has 3 rings (SSSR count). The van der Waals surface area contributed by atoms with E-state index in [1.54, 1.807) is 0 Å². The predicted molar refractivity (Wildman–Crippen MR) is 120 cm³/mol. The predicted octanol–water partition coefficient (Wildman–Crippen LogP) is 3.03. The summed E-state index contributed by atoms with van der Waals surface area (Å²) in [7, 11) is 3.72. The molecule has 1 saturated heterocycles. The van der Waals surface area contributed by atoms with Crippen LogP contribution in [-0.2, 0) is 9.47 Å². The topological polar surface area (TPSA) is 58.1 Å². The van der Waals surface area contributed by atoms with Gasteiger partial charge in [-0.1, -0.05) is 32.1 Å². The number of hydrogen-bond donors (Lipinski definition) is 2. The highest BCUT2D eigenvalue weighted by atomic mass is 16.5. The number of nitrogens with one attached hydrogen (secondary N) is 2. The third-order valence-electron chi connectivity index (χ3n) is 7.56. The van der Waals surface area contributed by atoms with Crippen molar-refractivity contribution in [2.24, 2.45) is 15.8 Å². The lowest BCUT2D eigenvalue weighted by molar-refractivity contribution is 0.00819. The third kappa shape index (κ3) is 6.83. The summed E-state index contributed by atoms with van der Waals surface area (Å²) < 4.78 is 10.9. The van der Waals surface area contributed by atoms with Crippen molar-refractivity contribution < 1.29 is 9.47 Å². The Hall–Kier alpha value is -0.850. The maximum Gasteiger partial charge on any atom is 0.191 e. The van der Waals surface area contributed by atoms with Crippen LogP contribution < -0.4 is 10.6 Å². The molecule has 3 aliphatic rings. The van der Waals surface area contributed by atoms with E-state index < -0.39 is 0 Å². The van der Waals surface area contributed by atoms with Gasteiger partial charge in [-0.15, -0.1) is 0 Å². The monoisotopic (exact) mass is 408 g/mol. The lowest BCUT2D eigenvalue weighted by Crippen LogP contribution is -2.52. The normalized spacial score (nSPS) is 25.1. The SMILES string of the molecule is CN=C(NCC1(CCOC)CCCC1)NCC1(CN2CCOCC2)CCCCC1. The highest BCUT2D eigenvalue weighted by Crippen LogP contribution is 2.40. The molecule has 0 atom stereocenters. The van der Waals surface area contributed by atoms with Crippen molar-refractivity contribution in [1.82, 2.24) is 15.5 Å². The number of ether oxygens (including phenoxy) is 2. The van der Waals surface area contributed by atoms with E-state index in [4.69, 9.17) is 9.47 Å². The Labute approximate surface area is 178 Å². The van der Waals surface area contributed by atoms with Crippen LogP contribution in [0.1, 0.15) is 64.2 Å². The van der Waals surface area contributed by atoms with Gasteiger partial charge in [0.05, 0.1) is 13.2 Å². The Morgan fingerprint density at radius 1 is 0.931 bits per heavy atom. The second kappa shape index (κ2) is 11.5. The van der Waals surface area contributed by atoms with Gasteiger partial charge in [-0.25, -0.2) is 0 Å². The van der Waals surface area contributed by atoms with Crippen LogP contribution in [0.25, 0.3) is 0 Å². The Kier molecular flexibility index (Phi) is 9.07. The van der Waals surface area contributed by atoms with Gasteiger partial charge in [0, 0.05) is 58.9 Å². The molecule has 2 saturated carbocycles. The molecule has 2 aliphatic carbocycles. The first-order valence-corrected chi connectivity index (χ1v) is 11.9. The number of methoxy groups -OCH3 is 1. The minimum absolute atomic E-state index is 0.369. The third-order valence-corrected chi connectivity index (χ3v) is 7.56. The van der Waals surface area contributed by atoms with Crippen molar-refractivity contribution in [3.63, 3.8) is 0 Å². The van der Waals surface area contributed by atoms with Crippen LogP contribution in [0.15, 0.2) is 4.99 Å². The van der Waals surface area contributed by atoms with Crippen LogP contribution >= 0.6 is 0 Å². The first-order valence-electron chi connectivity index (χ1n) is 11.9. The van der Waals surface area contributed by atoms with Crippen LogP contribution in [0.5, 0.6) is 0 Å². The quantitative estimate of drug-likeness (QED) is 0.454. The van der Waals surface area contributed by atoms with Crippen LogP contribution in [0, 0.1) is 10.8 Å². The Balaban J connectivity index is 1.52. The average Bonchev–Trinajstić information content (AvgIpc) is 3.23. The van der Waals surface area contributed by atoms with Gasteiger partial charge in [-0.2, -0.15) is 0 Å². The van der Waals surface area contributed by atoms with Gasteiger partial charge in [0.1, 0.15) is 0 Å². The zero-order chi connectivity index (χ0) is 20.4. The molecule has 6 heteroatoms. The molecule has 1 heterocycles. The van der Waals surface area contributed by atoms with E-state index in [-0.39, 0.29) is 0 Å². The second-order valence-electron chi connectivity index (χ2n) is 9.68. The van der Waals surface area contributed by atoms with Crippen molar-refractivity contribution in [1.29, 1.82) is 0 Å². The minimum Gasteiger partial charge on any atom is -0.385 e. The number of morpholine rings is 1. The molecule has 29 heavy (non-hydrogen) atoms. The van der Waals surface area contributed by atoms with Gasteiger partial charge < -0.3 is 20.1 Å². The van der Waals surface area contributed by atoms with E-state index >= 15 is 0 Å². The summed E-state index contributed by atoms with van der Waals surface area (Å²) in [5.41, 5.74) is 0.748. The minimum atomic E-state index is 0.369. The fourth-order valence-electron chi connectivity index (χ4n) is 5.65. The van der Waals surface area contributed by atoms with Gasteiger partial charge in [0.15, 0.2) is 5.96 Å². The zero-order valence-corrected chi connectivity index (χ0v) is 18.9. The van der Waals surface area contributed by atoms with E-state index in [1.807, 2.05) is 14.2 Å². The highest BCUT2D eigenvalue weighted by Gasteiger charge is 2.36. The number of guanidine groups is 1. The van der Waals surface area contributed by atoms with Gasteiger partial charge >= 0.3 is 0 Å². The average molecular weight is 409 g/mol. The van der Waals surface area contributed by atoms with E-state index in [0.29, 0.717) is 10.8 Å². The second-order valence-corrected chi connectivity index (χ2v) is 9.68. The molecule has 6 nitrogen and oxygen atoms in total. The van der Waals surface area contributed by atoms with E-state index in [1.165, 1.54) is 64.3 Å². The summed E-state index contributed by atoms with van der Waals surface area (Å²) in [6, 6.07) is 0. The van der Waals surface area contributed by atoms with Crippen LogP contribution in [0.4, 0.5) is 0 Å². The number of aliphatic imine (C=N–C) groups is 1. The van der Waals surface area contributed by atoms with Crippen molar-refractivity contribution >= 4 is 5.96 Å². The first-order chi connectivity index (χ1) is 14.2. The number of nitrogens with zero attached hydrogens (tertiary/aromatic N) is 2. The molecule has 0 aromatic heterocycles. The van der Waals surface area contributed by atoms with Crippen LogP contribution in [0.3, 0.4) is 0 Å². The summed E-state index contributed by atoms with van der Waals surface area (Å²) in [5.74, 6) is 0.973. The molecular formula is C23H44N4O2. The molecule has 0 aromatic rings. The maximum absolute atomic E-state index is 5.56. The van der Waals surface area contributed by atoms with Crippen molar-refractivity contribution in [3.05, 3.63) is 0 Å². The molecule has 0 spiro atoms. The lowest BCUT2D eigenvalue weighted by atomic mass is 9.73. The molecule has 1 aliphatic heterocycles. The van der Waals surface area contributed by atoms with E-state index in [0.717, 1.165) is 58.4 Å². The summed E-state index contributed by atoms with van der Waals surface area (Å²) in [5, 5.41) is 7.39. The first kappa shape index (κ1) is 22.8. The van der Waals surface area contributed by atoms with E-state index in [9.17, 15) is 0 Å². The Morgan fingerprint density at radius 2 is 1.52 bits per heavy atom. The summed E-state index contributed by atoms with van der Waals surface area (Å²) in [4.78, 5) is 7.17. The van der Waals surface area contributed by atoms with Gasteiger partial charge in [-0.3, -0.25) is 9.89 Å². The highest BCUT2D eigenvalue weighted by molar-refractivity contribution is 5.79. The van der Waals surface area contributed by atoms with Crippen LogP contribution in [-0.4, -0.2) is 77.6 Å². The van der Waals surface area contributed by atoms with Crippen molar-refractivity contribution in [2.45, 2.75) is 64.2 Å². The summed E-state index contributed by atoms with van der Waals surface area (Å²) in [6.07, 6.45) is 13.2. The van der Waals surface area contributed by atoms with Gasteiger partial charge in [-0.05, 0) is 37.5 Å².